The molecule has 0 bridgehead atoms. The van der Waals surface area contributed by atoms with Crippen molar-refractivity contribution in [3.05, 3.63) is 65.2 Å². The van der Waals surface area contributed by atoms with E-state index in [0.29, 0.717) is 12.1 Å². The molecule has 2 aromatic rings. The number of rotatable bonds is 8. The number of hydrogen-bond acceptors (Lipinski definition) is 4. The van der Waals surface area contributed by atoms with Crippen molar-refractivity contribution >= 4 is 17.5 Å². The molecule has 6 heteroatoms. The Morgan fingerprint density at radius 1 is 1.07 bits per heavy atom. The van der Waals surface area contributed by atoms with Crippen molar-refractivity contribution in [2.45, 2.75) is 33.4 Å². The zero-order valence-corrected chi connectivity index (χ0v) is 17.8. The van der Waals surface area contributed by atoms with E-state index >= 15 is 0 Å². The van der Waals surface area contributed by atoms with Crippen molar-refractivity contribution in [1.82, 2.24) is 10.2 Å². The molecule has 0 saturated carbocycles. The first-order chi connectivity index (χ1) is 14.5. The number of anilines is 1. The predicted molar refractivity (Wildman–Crippen MR) is 118 cm³/mol. The van der Waals surface area contributed by atoms with Crippen LogP contribution >= 0.6 is 0 Å². The van der Waals surface area contributed by atoms with Crippen LogP contribution in [0.4, 0.5) is 5.69 Å². The number of morpholine rings is 1. The monoisotopic (exact) mass is 409 g/mol. The first kappa shape index (κ1) is 22.0. The second-order valence-electron chi connectivity index (χ2n) is 7.77. The van der Waals surface area contributed by atoms with Gasteiger partial charge < -0.3 is 15.4 Å². The second kappa shape index (κ2) is 10.9. The molecule has 1 heterocycles. The zero-order chi connectivity index (χ0) is 21.3. The number of carbonyl (C=O) groups excluding carboxylic acids is 2. The molecule has 6 nitrogen and oxygen atoms in total. The van der Waals surface area contributed by atoms with Gasteiger partial charge in [0.15, 0.2) is 0 Å². The summed E-state index contributed by atoms with van der Waals surface area (Å²) in [7, 11) is 0. The molecule has 0 aromatic heterocycles. The number of ether oxygens (including phenoxy) is 1. The highest BCUT2D eigenvalue weighted by Gasteiger charge is 2.13. The number of amides is 2. The Morgan fingerprint density at radius 3 is 2.57 bits per heavy atom. The molecule has 0 spiro atoms. The molecule has 2 N–H and O–H groups in total. The molecule has 2 amide bonds. The van der Waals surface area contributed by atoms with Crippen LogP contribution in [0.1, 0.15) is 41.8 Å². The smallest absolute Gasteiger partial charge is 0.251 e. The van der Waals surface area contributed by atoms with E-state index in [4.69, 9.17) is 4.74 Å². The highest BCUT2D eigenvalue weighted by molar-refractivity contribution is 5.94. The van der Waals surface area contributed by atoms with E-state index in [-0.39, 0.29) is 17.7 Å². The maximum Gasteiger partial charge on any atom is 0.251 e. The van der Waals surface area contributed by atoms with Gasteiger partial charge in [-0.2, -0.15) is 0 Å². The fourth-order valence-corrected chi connectivity index (χ4v) is 3.32. The first-order valence-electron chi connectivity index (χ1n) is 10.6. The van der Waals surface area contributed by atoms with Gasteiger partial charge in [-0.15, -0.1) is 0 Å². The summed E-state index contributed by atoms with van der Waals surface area (Å²) in [4.78, 5) is 27.1. The van der Waals surface area contributed by atoms with E-state index in [0.717, 1.165) is 56.1 Å². The summed E-state index contributed by atoms with van der Waals surface area (Å²) in [5.41, 5.74) is 3.47. The summed E-state index contributed by atoms with van der Waals surface area (Å²) in [5, 5.41) is 5.91. The second-order valence-corrected chi connectivity index (χ2v) is 7.77. The first-order valence-corrected chi connectivity index (χ1v) is 10.6. The standard InChI is InChI=1S/C24H31N3O3/c1-3-18(2)23(28)26-22-9-5-6-19(15-22)16-25-24(29)21-8-4-7-20(14-21)17-27-10-12-30-13-11-27/h4-9,14-15,18H,3,10-13,16-17H2,1-2H3,(H,25,29)(H,26,28). The Morgan fingerprint density at radius 2 is 1.80 bits per heavy atom. The predicted octanol–water partition coefficient (Wildman–Crippen LogP) is 3.43. The third-order valence-electron chi connectivity index (χ3n) is 5.41. The number of nitrogens with one attached hydrogen (secondary N) is 2. The molecule has 160 valence electrons. The molecule has 2 aromatic carbocycles. The van der Waals surface area contributed by atoms with Gasteiger partial charge in [-0.3, -0.25) is 14.5 Å². The summed E-state index contributed by atoms with van der Waals surface area (Å²) in [6.07, 6.45) is 0.798. The van der Waals surface area contributed by atoms with Crippen LogP contribution in [-0.4, -0.2) is 43.0 Å². The number of benzene rings is 2. The quantitative estimate of drug-likeness (QED) is 0.701. The van der Waals surface area contributed by atoms with Crippen LogP contribution in [-0.2, 0) is 22.6 Å². The van der Waals surface area contributed by atoms with E-state index in [2.05, 4.69) is 21.6 Å². The lowest BCUT2D eigenvalue weighted by Crippen LogP contribution is -2.35. The minimum Gasteiger partial charge on any atom is -0.379 e. The molecular formula is C24H31N3O3. The number of carbonyl (C=O) groups is 2. The van der Waals surface area contributed by atoms with Gasteiger partial charge in [-0.1, -0.05) is 38.1 Å². The normalized spacial score (nSPS) is 15.4. The van der Waals surface area contributed by atoms with E-state index in [1.165, 1.54) is 0 Å². The van der Waals surface area contributed by atoms with Crippen LogP contribution in [0, 0.1) is 5.92 Å². The largest absolute Gasteiger partial charge is 0.379 e. The van der Waals surface area contributed by atoms with Crippen molar-refractivity contribution < 1.29 is 14.3 Å². The van der Waals surface area contributed by atoms with E-state index < -0.39 is 0 Å². The van der Waals surface area contributed by atoms with Crippen molar-refractivity contribution in [2.24, 2.45) is 5.92 Å². The minimum absolute atomic E-state index is 0.00997. The van der Waals surface area contributed by atoms with Gasteiger partial charge in [0.25, 0.3) is 5.91 Å². The molecule has 3 rings (SSSR count). The molecule has 30 heavy (non-hydrogen) atoms. The van der Waals surface area contributed by atoms with Gasteiger partial charge in [0.1, 0.15) is 0 Å². The maximum atomic E-state index is 12.6. The molecule has 1 atom stereocenters. The number of nitrogens with zero attached hydrogens (tertiary/aromatic N) is 1. The van der Waals surface area contributed by atoms with Gasteiger partial charge in [0, 0.05) is 43.3 Å². The van der Waals surface area contributed by atoms with Crippen LogP contribution < -0.4 is 10.6 Å². The third-order valence-corrected chi connectivity index (χ3v) is 5.41. The van der Waals surface area contributed by atoms with Crippen LogP contribution in [0.25, 0.3) is 0 Å². The average Bonchev–Trinajstić information content (AvgIpc) is 2.78. The molecule has 1 unspecified atom stereocenters. The zero-order valence-electron chi connectivity index (χ0n) is 17.8. The Balaban J connectivity index is 1.56. The Bertz CT molecular complexity index is 862. The van der Waals surface area contributed by atoms with Crippen LogP contribution in [0.3, 0.4) is 0 Å². The van der Waals surface area contributed by atoms with Crippen LogP contribution in [0.15, 0.2) is 48.5 Å². The van der Waals surface area contributed by atoms with E-state index in [9.17, 15) is 9.59 Å². The van der Waals surface area contributed by atoms with E-state index in [1.54, 1.807) is 0 Å². The third kappa shape index (κ3) is 6.40. The fraction of sp³-hybridized carbons (Fsp3) is 0.417. The molecule has 0 aliphatic carbocycles. The van der Waals surface area contributed by atoms with Crippen molar-refractivity contribution in [3.8, 4) is 0 Å². The molecule has 1 aliphatic heterocycles. The summed E-state index contributed by atoms with van der Waals surface area (Å²) in [6, 6.07) is 15.3. The highest BCUT2D eigenvalue weighted by Crippen LogP contribution is 2.14. The lowest BCUT2D eigenvalue weighted by Gasteiger charge is -2.26. The van der Waals surface area contributed by atoms with Gasteiger partial charge in [0.05, 0.1) is 13.2 Å². The van der Waals surface area contributed by atoms with E-state index in [1.807, 2.05) is 56.3 Å². The summed E-state index contributed by atoms with van der Waals surface area (Å²) < 4.78 is 5.39. The average molecular weight is 410 g/mol. The Kier molecular flexibility index (Phi) is 7.99. The van der Waals surface area contributed by atoms with Gasteiger partial charge in [-0.25, -0.2) is 0 Å². The topological polar surface area (TPSA) is 70.7 Å². The molecule has 1 aliphatic rings. The van der Waals surface area contributed by atoms with Crippen molar-refractivity contribution in [3.63, 3.8) is 0 Å². The number of hydrogen-bond donors (Lipinski definition) is 2. The van der Waals surface area contributed by atoms with Gasteiger partial charge in [0.2, 0.25) is 5.91 Å². The maximum absolute atomic E-state index is 12.6. The fourth-order valence-electron chi connectivity index (χ4n) is 3.32. The summed E-state index contributed by atoms with van der Waals surface area (Å²) >= 11 is 0. The summed E-state index contributed by atoms with van der Waals surface area (Å²) in [6.45, 7) is 8.48. The van der Waals surface area contributed by atoms with Crippen LogP contribution in [0.2, 0.25) is 0 Å². The molecule has 1 fully saturated rings. The Hall–Kier alpha value is -2.70. The lowest BCUT2D eigenvalue weighted by atomic mass is 10.1. The van der Waals surface area contributed by atoms with Crippen LogP contribution in [0.5, 0.6) is 0 Å². The Labute approximate surface area is 178 Å². The minimum atomic E-state index is -0.104. The molecule has 0 radical (unpaired) electrons. The SMILES string of the molecule is CCC(C)C(=O)Nc1cccc(CNC(=O)c2cccc(CN3CCOCC3)c2)c1. The van der Waals surface area contributed by atoms with Gasteiger partial charge >= 0.3 is 0 Å². The van der Waals surface area contributed by atoms with Crippen molar-refractivity contribution in [2.75, 3.05) is 31.6 Å². The summed E-state index contributed by atoms with van der Waals surface area (Å²) in [5.74, 6) is -0.123. The lowest BCUT2D eigenvalue weighted by molar-refractivity contribution is -0.119. The molecular weight excluding hydrogens is 378 g/mol. The van der Waals surface area contributed by atoms with Crippen molar-refractivity contribution in [1.29, 1.82) is 0 Å². The van der Waals surface area contributed by atoms with Gasteiger partial charge in [-0.05, 0) is 41.8 Å². The highest BCUT2D eigenvalue weighted by atomic mass is 16.5. The molecule has 1 saturated heterocycles.